The molecular weight excluding hydrogens is 348 g/mol. The van der Waals surface area contributed by atoms with Crippen LogP contribution in [0.2, 0.25) is 0 Å². The normalized spacial score (nSPS) is 24.9. The van der Waals surface area contributed by atoms with Crippen molar-refractivity contribution in [2.75, 3.05) is 31.5 Å². The van der Waals surface area contributed by atoms with Crippen LogP contribution in [0.1, 0.15) is 44.9 Å². The molecule has 1 heterocycles. The molecule has 3 fully saturated rings. The predicted molar refractivity (Wildman–Crippen MR) is 102 cm³/mol. The van der Waals surface area contributed by atoms with Gasteiger partial charge < -0.3 is 15.5 Å². The van der Waals surface area contributed by atoms with E-state index in [9.17, 15) is 13.6 Å². The van der Waals surface area contributed by atoms with Crippen LogP contribution in [0.25, 0.3) is 0 Å². The number of halogens is 2. The minimum absolute atomic E-state index is 0.123. The molecule has 1 unspecified atom stereocenters. The summed E-state index contributed by atoms with van der Waals surface area (Å²) in [6.45, 7) is 3.96. The fraction of sp³-hybridized carbons (Fsp3) is 0.667. The molecule has 148 valence electrons. The lowest BCUT2D eigenvalue weighted by Crippen LogP contribution is -2.41. The van der Waals surface area contributed by atoms with Crippen molar-refractivity contribution >= 4 is 11.7 Å². The van der Waals surface area contributed by atoms with Crippen molar-refractivity contribution < 1.29 is 13.6 Å². The van der Waals surface area contributed by atoms with E-state index in [2.05, 4.69) is 15.5 Å². The zero-order valence-electron chi connectivity index (χ0n) is 15.8. The molecule has 0 radical (unpaired) electrons. The Morgan fingerprint density at radius 1 is 1.19 bits per heavy atom. The van der Waals surface area contributed by atoms with Gasteiger partial charge in [-0.25, -0.2) is 13.6 Å². The number of nitrogens with one attached hydrogen (secondary N) is 2. The molecule has 2 N–H and O–H groups in total. The number of amides is 2. The minimum atomic E-state index is -0.633. The molecule has 3 aliphatic rings. The lowest BCUT2D eigenvalue weighted by atomic mass is 9.68. The van der Waals surface area contributed by atoms with Crippen molar-refractivity contribution in [2.45, 2.75) is 44.9 Å². The molecule has 2 aliphatic carbocycles. The first-order valence-corrected chi connectivity index (χ1v) is 10.3. The Morgan fingerprint density at radius 3 is 2.70 bits per heavy atom. The lowest BCUT2D eigenvalue weighted by Gasteiger charge is -2.38. The Hall–Kier alpha value is -1.69. The van der Waals surface area contributed by atoms with Gasteiger partial charge in [0.25, 0.3) is 0 Å². The van der Waals surface area contributed by atoms with Gasteiger partial charge in [0.15, 0.2) is 0 Å². The highest BCUT2D eigenvalue weighted by molar-refractivity contribution is 5.89. The summed E-state index contributed by atoms with van der Waals surface area (Å²) in [5.74, 6) is 0.0994. The number of benzene rings is 1. The third-order valence-electron chi connectivity index (χ3n) is 6.63. The Labute approximate surface area is 159 Å². The highest BCUT2D eigenvalue weighted by Gasteiger charge is 2.47. The van der Waals surface area contributed by atoms with Crippen molar-refractivity contribution in [3.8, 4) is 0 Å². The van der Waals surface area contributed by atoms with Crippen molar-refractivity contribution in [1.29, 1.82) is 0 Å². The number of carbonyl (C=O) groups is 1. The molecular formula is C21H29F2N3O. The van der Waals surface area contributed by atoms with Crippen LogP contribution in [-0.2, 0) is 0 Å². The van der Waals surface area contributed by atoms with E-state index < -0.39 is 17.7 Å². The summed E-state index contributed by atoms with van der Waals surface area (Å²) in [6.07, 6.45) is 9.04. The van der Waals surface area contributed by atoms with E-state index in [0.717, 1.165) is 37.2 Å². The van der Waals surface area contributed by atoms with Crippen LogP contribution in [0, 0.1) is 28.9 Å². The third-order valence-corrected chi connectivity index (χ3v) is 6.63. The topological polar surface area (TPSA) is 44.4 Å². The predicted octanol–water partition coefficient (Wildman–Crippen LogP) is 4.38. The Kier molecular flexibility index (Phi) is 5.35. The number of anilines is 1. The minimum Gasteiger partial charge on any atom is -0.338 e. The van der Waals surface area contributed by atoms with Gasteiger partial charge in [-0.15, -0.1) is 0 Å². The summed E-state index contributed by atoms with van der Waals surface area (Å²) in [6, 6.07) is 2.60. The molecule has 0 aromatic heterocycles. The van der Waals surface area contributed by atoms with Crippen LogP contribution in [0.15, 0.2) is 18.2 Å². The maximum atomic E-state index is 13.7. The number of rotatable bonds is 5. The van der Waals surface area contributed by atoms with E-state index in [0.29, 0.717) is 17.9 Å². The van der Waals surface area contributed by atoms with Crippen LogP contribution < -0.4 is 10.6 Å². The quantitative estimate of drug-likeness (QED) is 0.800. The largest absolute Gasteiger partial charge is 0.338 e. The van der Waals surface area contributed by atoms with Crippen LogP contribution in [0.3, 0.4) is 0 Å². The first kappa shape index (κ1) is 18.7. The molecule has 1 aromatic rings. The summed E-state index contributed by atoms with van der Waals surface area (Å²) < 4.78 is 27.0. The van der Waals surface area contributed by atoms with Crippen molar-refractivity contribution in [3.05, 3.63) is 29.8 Å². The molecule has 1 aliphatic heterocycles. The molecule has 27 heavy (non-hydrogen) atoms. The summed E-state index contributed by atoms with van der Waals surface area (Å²) in [4.78, 5) is 14.8. The first-order valence-electron chi connectivity index (χ1n) is 10.3. The second-order valence-corrected chi connectivity index (χ2v) is 8.72. The van der Waals surface area contributed by atoms with Gasteiger partial charge in [-0.2, -0.15) is 0 Å². The summed E-state index contributed by atoms with van der Waals surface area (Å²) >= 11 is 0. The summed E-state index contributed by atoms with van der Waals surface area (Å²) in [7, 11) is 0. The Morgan fingerprint density at radius 2 is 1.96 bits per heavy atom. The van der Waals surface area contributed by atoms with Crippen LogP contribution >= 0.6 is 0 Å². The van der Waals surface area contributed by atoms with E-state index in [1.54, 1.807) is 0 Å². The van der Waals surface area contributed by atoms with Gasteiger partial charge in [0.1, 0.15) is 11.6 Å². The average molecular weight is 377 g/mol. The number of hydrogen-bond donors (Lipinski definition) is 2. The summed E-state index contributed by atoms with van der Waals surface area (Å²) in [5.41, 5.74) is 0.187. The molecule has 6 heteroatoms. The number of urea groups is 1. The number of likely N-dealkylation sites (tertiary alicyclic amines) is 1. The third kappa shape index (κ3) is 4.42. The molecule has 0 bridgehead atoms. The monoisotopic (exact) mass is 377 g/mol. The maximum absolute atomic E-state index is 13.7. The fourth-order valence-corrected chi connectivity index (χ4v) is 5.03. The fourth-order valence-electron chi connectivity index (χ4n) is 5.03. The van der Waals surface area contributed by atoms with Crippen LogP contribution in [0.4, 0.5) is 19.3 Å². The standard InChI is InChI=1S/C21H29F2N3O/c22-17-6-7-18(23)19(10-17)25-20(27)24-11-16-13-26(12-15-4-5-15)14-21(16)8-2-1-3-9-21/h6-7,10,15-16H,1-5,8-9,11-14H2,(H2,24,25,27). The zero-order chi connectivity index (χ0) is 18.9. The average Bonchev–Trinajstić information content (AvgIpc) is 3.40. The second kappa shape index (κ2) is 7.74. The second-order valence-electron chi connectivity index (χ2n) is 8.72. The van der Waals surface area contributed by atoms with Gasteiger partial charge in [0.2, 0.25) is 0 Å². The van der Waals surface area contributed by atoms with E-state index in [4.69, 9.17) is 0 Å². The van der Waals surface area contributed by atoms with Gasteiger partial charge in [-0.3, -0.25) is 0 Å². The highest BCUT2D eigenvalue weighted by atomic mass is 19.1. The SMILES string of the molecule is O=C(NCC1CN(CC2CC2)CC12CCCCC2)Nc1cc(F)ccc1F. The van der Waals surface area contributed by atoms with E-state index in [1.165, 1.54) is 51.5 Å². The highest BCUT2D eigenvalue weighted by Crippen LogP contribution is 2.48. The van der Waals surface area contributed by atoms with E-state index >= 15 is 0 Å². The van der Waals surface area contributed by atoms with Gasteiger partial charge in [-0.05, 0) is 55.1 Å². The van der Waals surface area contributed by atoms with Crippen molar-refractivity contribution in [1.82, 2.24) is 10.2 Å². The molecule has 4 rings (SSSR count). The van der Waals surface area contributed by atoms with Gasteiger partial charge >= 0.3 is 6.03 Å². The van der Waals surface area contributed by atoms with Gasteiger partial charge in [0.05, 0.1) is 5.69 Å². The Balaban J connectivity index is 1.36. The molecule has 1 aromatic carbocycles. The van der Waals surface area contributed by atoms with Crippen molar-refractivity contribution in [3.63, 3.8) is 0 Å². The number of carbonyl (C=O) groups excluding carboxylic acids is 1. The maximum Gasteiger partial charge on any atom is 0.319 e. The lowest BCUT2D eigenvalue weighted by molar-refractivity contribution is 0.138. The van der Waals surface area contributed by atoms with Crippen molar-refractivity contribution in [2.24, 2.45) is 17.3 Å². The van der Waals surface area contributed by atoms with Crippen LogP contribution in [-0.4, -0.2) is 37.1 Å². The first-order chi connectivity index (χ1) is 13.0. The van der Waals surface area contributed by atoms with E-state index in [-0.39, 0.29) is 5.69 Å². The number of nitrogens with zero attached hydrogens (tertiary/aromatic N) is 1. The molecule has 1 spiro atoms. The molecule has 2 saturated carbocycles. The number of hydrogen-bond acceptors (Lipinski definition) is 2. The smallest absolute Gasteiger partial charge is 0.319 e. The van der Waals surface area contributed by atoms with E-state index in [1.807, 2.05) is 0 Å². The zero-order valence-corrected chi connectivity index (χ0v) is 15.8. The summed E-state index contributed by atoms with van der Waals surface area (Å²) in [5, 5.41) is 5.36. The molecule has 4 nitrogen and oxygen atoms in total. The van der Waals surface area contributed by atoms with Gasteiger partial charge in [-0.1, -0.05) is 19.3 Å². The molecule has 1 atom stereocenters. The van der Waals surface area contributed by atoms with Crippen LogP contribution in [0.5, 0.6) is 0 Å². The molecule has 2 amide bonds. The van der Waals surface area contributed by atoms with Gasteiger partial charge in [0, 0.05) is 32.2 Å². The molecule has 1 saturated heterocycles. The Bertz CT molecular complexity index is 686.